The number of carbonyl (C=O) groups is 1. The summed E-state index contributed by atoms with van der Waals surface area (Å²) in [6.07, 6.45) is -3.84. The molecule has 0 aliphatic carbocycles. The van der Waals surface area contributed by atoms with Crippen molar-refractivity contribution >= 4 is 12.0 Å². The molecule has 1 amide bonds. The Hall–Kier alpha value is -3.81. The van der Waals surface area contributed by atoms with Gasteiger partial charge in [0, 0.05) is 16.7 Å². The summed E-state index contributed by atoms with van der Waals surface area (Å²) in [7, 11) is 0. The number of rotatable bonds is 3. The van der Waals surface area contributed by atoms with Crippen LogP contribution in [-0.2, 0) is 6.18 Å². The molecule has 5 nitrogen and oxygen atoms in total. The number of ether oxygens (including phenoxy) is 1. The topological polar surface area (TPSA) is 71.2 Å². The number of halogens is 3. The molecule has 164 valence electrons. The van der Waals surface area contributed by atoms with Crippen molar-refractivity contribution in [1.82, 2.24) is 10.3 Å². The van der Waals surface area contributed by atoms with Crippen molar-refractivity contribution in [3.63, 3.8) is 0 Å². The van der Waals surface area contributed by atoms with Crippen LogP contribution in [0.3, 0.4) is 0 Å². The Balaban J connectivity index is 1.80. The molecule has 1 aromatic heterocycles. The van der Waals surface area contributed by atoms with Crippen LogP contribution in [-0.4, -0.2) is 10.9 Å². The largest absolute Gasteiger partial charge is 0.457 e. The zero-order valence-electron chi connectivity index (χ0n) is 17.3. The number of fused-ring (bicyclic) bond motifs is 2. The van der Waals surface area contributed by atoms with Crippen LogP contribution in [0.4, 0.5) is 13.2 Å². The van der Waals surface area contributed by atoms with Gasteiger partial charge in [0.05, 0.1) is 6.04 Å². The van der Waals surface area contributed by atoms with Crippen molar-refractivity contribution in [1.29, 1.82) is 0 Å². The number of aryl methyl sites for hydroxylation is 2. The summed E-state index contributed by atoms with van der Waals surface area (Å²) < 4.78 is 45.6. The second-order valence-electron chi connectivity index (χ2n) is 7.58. The molecule has 0 fully saturated rings. The third-order valence-corrected chi connectivity index (χ3v) is 5.37. The van der Waals surface area contributed by atoms with Gasteiger partial charge in [-0.1, -0.05) is 36.9 Å². The summed E-state index contributed by atoms with van der Waals surface area (Å²) in [5.74, 6) is 0.304. The second-order valence-corrected chi connectivity index (χ2v) is 7.58. The summed E-state index contributed by atoms with van der Waals surface area (Å²) in [6.45, 7) is 7.13. The van der Waals surface area contributed by atoms with E-state index in [1.807, 2.05) is 44.2 Å². The molecule has 0 saturated heterocycles. The lowest BCUT2D eigenvalue weighted by Gasteiger charge is -2.30. The molecule has 8 heteroatoms. The van der Waals surface area contributed by atoms with E-state index < -0.39 is 34.9 Å². The average Bonchev–Trinajstić information content (AvgIpc) is 2.72. The van der Waals surface area contributed by atoms with Gasteiger partial charge >= 0.3 is 6.18 Å². The van der Waals surface area contributed by atoms with Gasteiger partial charge in [0.15, 0.2) is 0 Å². The molecule has 0 radical (unpaired) electrons. The Kier molecular flexibility index (Phi) is 5.16. The van der Waals surface area contributed by atoms with Crippen molar-refractivity contribution in [2.24, 2.45) is 0 Å². The highest BCUT2D eigenvalue weighted by Gasteiger charge is 2.36. The van der Waals surface area contributed by atoms with Crippen LogP contribution in [0.15, 0.2) is 53.8 Å². The van der Waals surface area contributed by atoms with Gasteiger partial charge < -0.3 is 15.0 Å². The lowest BCUT2D eigenvalue weighted by molar-refractivity contribution is -0.141. The van der Waals surface area contributed by atoms with Crippen LogP contribution in [0.1, 0.15) is 49.9 Å². The van der Waals surface area contributed by atoms with Gasteiger partial charge in [-0.3, -0.25) is 9.59 Å². The van der Waals surface area contributed by atoms with Gasteiger partial charge in [-0.2, -0.15) is 13.2 Å². The second kappa shape index (κ2) is 7.71. The fourth-order valence-electron chi connectivity index (χ4n) is 3.82. The molecule has 0 saturated carbocycles. The highest BCUT2D eigenvalue weighted by molar-refractivity contribution is 5.95. The van der Waals surface area contributed by atoms with E-state index >= 15 is 0 Å². The first-order chi connectivity index (χ1) is 15.1. The smallest absolute Gasteiger partial charge is 0.431 e. The highest BCUT2D eigenvalue weighted by Crippen LogP contribution is 2.44. The minimum atomic E-state index is -4.79. The molecule has 1 aliphatic rings. The zero-order valence-corrected chi connectivity index (χ0v) is 17.3. The number of hydrogen-bond acceptors (Lipinski definition) is 3. The number of carbonyl (C=O) groups excluding carboxylic acids is 1. The quantitative estimate of drug-likeness (QED) is 0.582. The normalized spacial score (nSPS) is 14.7. The van der Waals surface area contributed by atoms with Gasteiger partial charge in [0.1, 0.15) is 22.8 Å². The Morgan fingerprint density at radius 2 is 1.91 bits per heavy atom. The molecular formula is C24H19F3N2O3. The summed E-state index contributed by atoms with van der Waals surface area (Å²) in [5, 5.41) is 2.80. The standard InChI is InChI=1S/C24H19F3N2O3/c1-4-14-11-16(23(31)29-21(14)24(25,26)27)22(30)28-20-15-9-8-12(2)10-18(15)32-17-7-5-6-13(3)19(17)20/h4-11,20H,1H2,2-3H3,(H,28,30)(H,29,31). The first-order valence-corrected chi connectivity index (χ1v) is 9.76. The highest BCUT2D eigenvalue weighted by atomic mass is 19.4. The van der Waals surface area contributed by atoms with Crippen LogP contribution in [0.2, 0.25) is 0 Å². The SMILES string of the molecule is C=Cc1cc(C(=O)NC2c3ccc(C)cc3Oc3cccc(C)c32)c(=O)[nH]c1C(F)(F)F. The van der Waals surface area contributed by atoms with E-state index in [2.05, 4.69) is 11.9 Å². The van der Waals surface area contributed by atoms with E-state index in [1.165, 1.54) is 0 Å². The molecule has 1 atom stereocenters. The van der Waals surface area contributed by atoms with Crippen LogP contribution in [0.25, 0.3) is 6.08 Å². The summed E-state index contributed by atoms with van der Waals surface area (Å²) >= 11 is 0. The van der Waals surface area contributed by atoms with Gasteiger partial charge in [0.25, 0.3) is 11.5 Å². The first kappa shape index (κ1) is 21.4. The predicted octanol–water partition coefficient (Wildman–Crippen LogP) is 5.28. The monoisotopic (exact) mass is 440 g/mol. The van der Waals surface area contributed by atoms with E-state index in [0.717, 1.165) is 23.3 Å². The average molecular weight is 440 g/mol. The van der Waals surface area contributed by atoms with Crippen LogP contribution < -0.4 is 15.6 Å². The molecule has 32 heavy (non-hydrogen) atoms. The Bertz CT molecular complexity index is 1310. The van der Waals surface area contributed by atoms with Gasteiger partial charge in [-0.05, 0) is 43.2 Å². The van der Waals surface area contributed by atoms with Crippen molar-refractivity contribution in [2.75, 3.05) is 0 Å². The molecule has 2 heterocycles. The Morgan fingerprint density at radius 3 is 2.59 bits per heavy atom. The molecule has 0 bridgehead atoms. The lowest BCUT2D eigenvalue weighted by Crippen LogP contribution is -2.35. The number of pyridine rings is 1. The number of benzene rings is 2. The molecule has 1 aliphatic heterocycles. The minimum absolute atomic E-state index is 0.387. The number of hydrogen-bond donors (Lipinski definition) is 2. The van der Waals surface area contributed by atoms with Gasteiger partial charge in [0.2, 0.25) is 0 Å². The predicted molar refractivity (Wildman–Crippen MR) is 114 cm³/mol. The molecule has 0 spiro atoms. The van der Waals surface area contributed by atoms with Gasteiger partial charge in [-0.25, -0.2) is 0 Å². The fraction of sp³-hybridized carbons (Fsp3) is 0.167. The lowest BCUT2D eigenvalue weighted by atomic mass is 9.90. The molecule has 4 rings (SSSR count). The summed E-state index contributed by atoms with van der Waals surface area (Å²) in [4.78, 5) is 27.2. The molecule has 2 N–H and O–H groups in total. The number of amides is 1. The molecule has 3 aromatic rings. The van der Waals surface area contributed by atoms with E-state index in [0.29, 0.717) is 22.6 Å². The third-order valence-electron chi connectivity index (χ3n) is 5.37. The van der Waals surface area contributed by atoms with Crippen LogP contribution in [0.5, 0.6) is 11.5 Å². The van der Waals surface area contributed by atoms with Crippen LogP contribution >= 0.6 is 0 Å². The maximum atomic E-state index is 13.2. The Labute approximate surface area is 181 Å². The van der Waals surface area contributed by atoms with E-state index in [-0.39, 0.29) is 5.56 Å². The number of aromatic amines is 1. The van der Waals surface area contributed by atoms with Crippen molar-refractivity contribution in [3.05, 3.63) is 98.5 Å². The number of aromatic nitrogens is 1. The summed E-state index contributed by atoms with van der Waals surface area (Å²) in [5.41, 5.74) is -0.0110. The number of alkyl halides is 3. The van der Waals surface area contributed by atoms with E-state index in [1.54, 1.807) is 11.1 Å². The summed E-state index contributed by atoms with van der Waals surface area (Å²) in [6, 6.07) is 11.2. The zero-order chi connectivity index (χ0) is 23.2. The molecule has 2 aromatic carbocycles. The van der Waals surface area contributed by atoms with Gasteiger partial charge in [-0.15, -0.1) is 0 Å². The van der Waals surface area contributed by atoms with E-state index in [9.17, 15) is 22.8 Å². The fourth-order valence-corrected chi connectivity index (χ4v) is 3.82. The Morgan fingerprint density at radius 1 is 1.16 bits per heavy atom. The van der Waals surface area contributed by atoms with Crippen LogP contribution in [0, 0.1) is 13.8 Å². The third kappa shape index (κ3) is 3.68. The van der Waals surface area contributed by atoms with Crippen molar-refractivity contribution in [3.8, 4) is 11.5 Å². The maximum Gasteiger partial charge on any atom is 0.431 e. The first-order valence-electron chi connectivity index (χ1n) is 9.76. The number of nitrogens with one attached hydrogen (secondary N) is 2. The maximum absolute atomic E-state index is 13.2. The van der Waals surface area contributed by atoms with E-state index in [4.69, 9.17) is 4.74 Å². The number of H-pyrrole nitrogens is 1. The molecular weight excluding hydrogens is 421 g/mol. The van der Waals surface area contributed by atoms with Crippen molar-refractivity contribution in [2.45, 2.75) is 26.1 Å². The minimum Gasteiger partial charge on any atom is -0.457 e. The molecule has 1 unspecified atom stereocenters. The van der Waals surface area contributed by atoms with Crippen molar-refractivity contribution < 1.29 is 22.7 Å².